The molecule has 0 radical (unpaired) electrons. The first-order chi connectivity index (χ1) is 15.7. The van der Waals surface area contributed by atoms with Crippen molar-refractivity contribution in [2.24, 2.45) is 0 Å². The third kappa shape index (κ3) is 6.17. The number of aromatic nitrogens is 3. The third-order valence-corrected chi connectivity index (χ3v) is 6.31. The van der Waals surface area contributed by atoms with Crippen molar-refractivity contribution in [1.82, 2.24) is 20.1 Å². The standard InChI is InChI=1S/C22H22BrF2N5O2S/c1-4-30-20(13(3)26-21(32)14-7-5-12(2)6-8-14)28-29-22(30)33-11-18(31)27-19-16(23)9-15(24)10-17(19)25/h5-10,13H,4,11H2,1-3H3,(H,26,32)(H,27,31)/t13-/m0/s1. The van der Waals surface area contributed by atoms with Gasteiger partial charge >= 0.3 is 0 Å². The van der Waals surface area contributed by atoms with E-state index in [1.807, 2.05) is 26.0 Å². The number of nitrogens with zero attached hydrogens (tertiary/aromatic N) is 3. The van der Waals surface area contributed by atoms with Crippen LogP contribution in [0.5, 0.6) is 0 Å². The molecule has 0 unspecified atom stereocenters. The Kier molecular flexibility index (Phi) is 8.20. The molecule has 11 heteroatoms. The van der Waals surface area contributed by atoms with Crippen LogP contribution in [0.25, 0.3) is 0 Å². The zero-order valence-electron chi connectivity index (χ0n) is 18.2. The number of aryl methyl sites for hydroxylation is 1. The predicted octanol–water partition coefficient (Wildman–Crippen LogP) is 4.87. The van der Waals surface area contributed by atoms with E-state index in [0.29, 0.717) is 29.2 Å². The van der Waals surface area contributed by atoms with Crippen LogP contribution in [-0.4, -0.2) is 32.3 Å². The average molecular weight is 538 g/mol. The molecule has 2 amide bonds. The highest BCUT2D eigenvalue weighted by molar-refractivity contribution is 9.10. The molecule has 0 saturated carbocycles. The van der Waals surface area contributed by atoms with Crippen molar-refractivity contribution in [3.63, 3.8) is 0 Å². The summed E-state index contributed by atoms with van der Waals surface area (Å²) in [6.45, 7) is 6.17. The summed E-state index contributed by atoms with van der Waals surface area (Å²) in [5, 5.41) is 14.1. The minimum atomic E-state index is -0.877. The zero-order chi connectivity index (χ0) is 24.1. The van der Waals surface area contributed by atoms with E-state index in [-0.39, 0.29) is 21.8 Å². The van der Waals surface area contributed by atoms with Gasteiger partial charge in [-0.3, -0.25) is 9.59 Å². The minimum absolute atomic E-state index is 0.0640. The first-order valence-corrected chi connectivity index (χ1v) is 11.8. The summed E-state index contributed by atoms with van der Waals surface area (Å²) in [5.41, 5.74) is 1.47. The van der Waals surface area contributed by atoms with Crippen LogP contribution < -0.4 is 10.6 Å². The van der Waals surface area contributed by atoms with Gasteiger partial charge in [-0.15, -0.1) is 10.2 Å². The van der Waals surface area contributed by atoms with Crippen molar-refractivity contribution in [3.05, 3.63) is 69.5 Å². The minimum Gasteiger partial charge on any atom is -0.342 e. The van der Waals surface area contributed by atoms with Gasteiger partial charge in [0.1, 0.15) is 5.82 Å². The Hall–Kier alpha value is -2.79. The molecular formula is C22H22BrF2N5O2S. The first-order valence-electron chi connectivity index (χ1n) is 10.1. The van der Waals surface area contributed by atoms with E-state index in [2.05, 4.69) is 36.8 Å². The van der Waals surface area contributed by atoms with Gasteiger partial charge in [0.2, 0.25) is 5.91 Å². The lowest BCUT2D eigenvalue weighted by Gasteiger charge is -2.15. The highest BCUT2D eigenvalue weighted by Crippen LogP contribution is 2.27. The second kappa shape index (κ2) is 10.9. The maximum absolute atomic E-state index is 13.9. The molecule has 3 aromatic rings. The number of nitrogens with one attached hydrogen (secondary N) is 2. The Bertz CT molecular complexity index is 1150. The zero-order valence-corrected chi connectivity index (χ0v) is 20.6. The lowest BCUT2D eigenvalue weighted by atomic mass is 10.1. The largest absolute Gasteiger partial charge is 0.342 e. The molecule has 0 spiro atoms. The lowest BCUT2D eigenvalue weighted by molar-refractivity contribution is -0.113. The second-order valence-corrected chi connectivity index (χ2v) is 9.02. The SMILES string of the molecule is CCn1c(SCC(=O)Nc2c(F)cc(F)cc2Br)nnc1[C@H](C)NC(=O)c1ccc(C)cc1. The van der Waals surface area contributed by atoms with Gasteiger partial charge < -0.3 is 15.2 Å². The molecule has 3 rings (SSSR count). The summed E-state index contributed by atoms with van der Waals surface area (Å²) in [5.74, 6) is -1.86. The van der Waals surface area contributed by atoms with Crippen molar-refractivity contribution >= 4 is 45.2 Å². The maximum atomic E-state index is 13.9. The molecule has 0 aliphatic carbocycles. The third-order valence-electron chi connectivity index (χ3n) is 4.71. The topological polar surface area (TPSA) is 88.9 Å². The molecule has 2 aromatic carbocycles. The van der Waals surface area contributed by atoms with Crippen LogP contribution in [0.15, 0.2) is 46.0 Å². The molecule has 174 valence electrons. The number of hydrogen-bond acceptors (Lipinski definition) is 5. The fraction of sp³-hybridized carbons (Fsp3) is 0.273. The molecular weight excluding hydrogens is 516 g/mol. The Balaban J connectivity index is 1.64. The number of halogens is 3. The Morgan fingerprint density at radius 1 is 1.18 bits per heavy atom. The van der Waals surface area contributed by atoms with Gasteiger partial charge in [-0.1, -0.05) is 29.5 Å². The lowest BCUT2D eigenvalue weighted by Crippen LogP contribution is -2.28. The maximum Gasteiger partial charge on any atom is 0.251 e. The number of anilines is 1. The van der Waals surface area contributed by atoms with Crippen LogP contribution in [-0.2, 0) is 11.3 Å². The summed E-state index contributed by atoms with van der Waals surface area (Å²) in [4.78, 5) is 24.8. The number of hydrogen-bond donors (Lipinski definition) is 2. The van der Waals surface area contributed by atoms with E-state index >= 15 is 0 Å². The highest BCUT2D eigenvalue weighted by atomic mass is 79.9. The van der Waals surface area contributed by atoms with Crippen molar-refractivity contribution < 1.29 is 18.4 Å². The fourth-order valence-corrected chi connectivity index (χ4v) is 4.36. The normalized spacial score (nSPS) is 11.8. The van der Waals surface area contributed by atoms with Gasteiger partial charge in [0.25, 0.3) is 5.91 Å². The molecule has 0 saturated heterocycles. The average Bonchev–Trinajstić information content (AvgIpc) is 3.18. The van der Waals surface area contributed by atoms with E-state index in [0.717, 1.165) is 23.4 Å². The van der Waals surface area contributed by atoms with Crippen molar-refractivity contribution in [2.75, 3.05) is 11.1 Å². The number of thioether (sulfide) groups is 1. The van der Waals surface area contributed by atoms with Crippen molar-refractivity contribution in [2.45, 2.75) is 38.5 Å². The molecule has 7 nitrogen and oxygen atoms in total. The molecule has 33 heavy (non-hydrogen) atoms. The summed E-state index contributed by atoms with van der Waals surface area (Å²) in [6.07, 6.45) is 0. The number of carbonyl (C=O) groups excluding carboxylic acids is 2. The highest BCUT2D eigenvalue weighted by Gasteiger charge is 2.21. The number of amides is 2. The van der Waals surface area contributed by atoms with E-state index in [9.17, 15) is 18.4 Å². The van der Waals surface area contributed by atoms with Gasteiger partial charge in [-0.05, 0) is 54.9 Å². The van der Waals surface area contributed by atoms with Crippen LogP contribution in [0, 0.1) is 18.6 Å². The summed E-state index contributed by atoms with van der Waals surface area (Å²) in [6, 6.07) is 8.58. The van der Waals surface area contributed by atoms with Crippen molar-refractivity contribution in [1.29, 1.82) is 0 Å². The molecule has 1 heterocycles. The fourth-order valence-electron chi connectivity index (χ4n) is 3.04. The molecule has 0 fully saturated rings. The molecule has 1 atom stereocenters. The van der Waals surface area contributed by atoms with Crippen LogP contribution in [0.4, 0.5) is 14.5 Å². The van der Waals surface area contributed by atoms with Gasteiger partial charge in [-0.25, -0.2) is 8.78 Å². The Morgan fingerprint density at radius 3 is 2.52 bits per heavy atom. The first kappa shape index (κ1) is 24.8. The van der Waals surface area contributed by atoms with E-state index < -0.39 is 23.6 Å². The van der Waals surface area contributed by atoms with Gasteiger partial charge in [-0.2, -0.15) is 0 Å². The number of benzene rings is 2. The predicted molar refractivity (Wildman–Crippen MR) is 126 cm³/mol. The van der Waals surface area contributed by atoms with Gasteiger partial charge in [0, 0.05) is 22.6 Å². The monoisotopic (exact) mass is 537 g/mol. The summed E-state index contributed by atoms with van der Waals surface area (Å²) < 4.78 is 29.1. The molecule has 0 bridgehead atoms. The smallest absolute Gasteiger partial charge is 0.251 e. The van der Waals surface area contributed by atoms with Gasteiger partial charge in [0.05, 0.1) is 17.5 Å². The second-order valence-electron chi connectivity index (χ2n) is 7.23. The van der Waals surface area contributed by atoms with Crippen LogP contribution in [0.1, 0.15) is 41.6 Å². The Labute approximate surface area is 202 Å². The number of carbonyl (C=O) groups is 2. The van der Waals surface area contributed by atoms with E-state index in [1.165, 1.54) is 0 Å². The van der Waals surface area contributed by atoms with Crippen molar-refractivity contribution in [3.8, 4) is 0 Å². The Morgan fingerprint density at radius 2 is 1.88 bits per heavy atom. The molecule has 2 N–H and O–H groups in total. The van der Waals surface area contributed by atoms with Crippen LogP contribution in [0.2, 0.25) is 0 Å². The molecule has 0 aliphatic heterocycles. The van der Waals surface area contributed by atoms with Crippen LogP contribution >= 0.6 is 27.7 Å². The molecule has 1 aromatic heterocycles. The van der Waals surface area contributed by atoms with Crippen LogP contribution in [0.3, 0.4) is 0 Å². The number of rotatable bonds is 8. The summed E-state index contributed by atoms with van der Waals surface area (Å²) >= 11 is 4.16. The van der Waals surface area contributed by atoms with Gasteiger partial charge in [0.15, 0.2) is 16.8 Å². The van der Waals surface area contributed by atoms with E-state index in [1.54, 1.807) is 23.6 Å². The summed E-state index contributed by atoms with van der Waals surface area (Å²) in [7, 11) is 0. The molecule has 0 aliphatic rings. The quantitative estimate of drug-likeness (QED) is 0.400. The van der Waals surface area contributed by atoms with E-state index in [4.69, 9.17) is 0 Å².